The molecule has 1 atom stereocenters. The molecule has 6 heteroatoms. The van der Waals surface area contributed by atoms with Gasteiger partial charge < -0.3 is 20.1 Å². The minimum Gasteiger partial charge on any atom is -0.364 e. The topological polar surface area (TPSA) is 74.5 Å². The first-order chi connectivity index (χ1) is 18.7. The molecule has 1 heterocycles. The van der Waals surface area contributed by atoms with Gasteiger partial charge in [-0.25, -0.2) is 0 Å². The van der Waals surface area contributed by atoms with Crippen LogP contribution in [0.1, 0.15) is 57.6 Å². The highest BCUT2D eigenvalue weighted by Crippen LogP contribution is 2.30. The van der Waals surface area contributed by atoms with Crippen molar-refractivity contribution in [3.05, 3.63) is 129 Å². The molecule has 0 saturated heterocycles. The van der Waals surface area contributed by atoms with E-state index in [1.165, 1.54) is 0 Å². The highest BCUT2D eigenvalue weighted by atomic mass is 79.9. The van der Waals surface area contributed by atoms with Crippen molar-refractivity contribution in [1.82, 2.24) is 9.88 Å². The molecule has 0 spiro atoms. The molecule has 1 amide bonds. The van der Waals surface area contributed by atoms with Crippen LogP contribution in [0.15, 0.2) is 95.5 Å². The van der Waals surface area contributed by atoms with Crippen LogP contribution >= 0.6 is 15.9 Å². The third kappa shape index (κ3) is 5.41. The van der Waals surface area contributed by atoms with Crippen LogP contribution in [0, 0.1) is 13.8 Å². The number of aromatic nitrogens is 1. The van der Waals surface area contributed by atoms with Crippen molar-refractivity contribution in [2.45, 2.75) is 39.6 Å². The first-order valence-electron chi connectivity index (χ1n) is 12.9. The second kappa shape index (κ2) is 11.2. The number of nitrogens with zero attached hydrogens (tertiary/aromatic N) is 1. The van der Waals surface area contributed by atoms with Crippen molar-refractivity contribution in [2.24, 2.45) is 0 Å². The number of hydrogen-bond acceptors (Lipinski definition) is 3. The summed E-state index contributed by atoms with van der Waals surface area (Å²) >= 11 is 3.57. The lowest BCUT2D eigenvalue weighted by Gasteiger charge is -2.16. The Kier molecular flexibility index (Phi) is 7.71. The van der Waals surface area contributed by atoms with Crippen molar-refractivity contribution in [3.8, 4) is 11.1 Å². The Bertz CT molecular complexity index is 1650. The van der Waals surface area contributed by atoms with Crippen LogP contribution in [0.4, 0.5) is 0 Å². The van der Waals surface area contributed by atoms with E-state index in [9.17, 15) is 15.0 Å². The van der Waals surface area contributed by atoms with Crippen molar-refractivity contribution < 1.29 is 15.0 Å². The van der Waals surface area contributed by atoms with Gasteiger partial charge in [-0.05, 0) is 72.9 Å². The zero-order valence-electron chi connectivity index (χ0n) is 22.1. The summed E-state index contributed by atoms with van der Waals surface area (Å²) in [6.07, 6.45) is -1.52. The van der Waals surface area contributed by atoms with E-state index in [1.54, 1.807) is 12.1 Å². The Morgan fingerprint density at radius 1 is 0.897 bits per heavy atom. The van der Waals surface area contributed by atoms with Crippen molar-refractivity contribution in [3.63, 3.8) is 0 Å². The van der Waals surface area contributed by atoms with E-state index in [0.29, 0.717) is 17.7 Å². The van der Waals surface area contributed by atoms with E-state index in [4.69, 9.17) is 0 Å². The average Bonchev–Trinajstić information content (AvgIpc) is 3.17. The SMILES string of the molecule is Cc1c(C)n(Cc2ccc(-c3ccccc3C(O)O)cc2)c2ccc(C(=O)NC(C)c3ccccc3Br)cc12. The molecule has 0 radical (unpaired) electrons. The number of aliphatic hydroxyl groups excluding tert-OH is 1. The van der Waals surface area contributed by atoms with E-state index < -0.39 is 6.29 Å². The Labute approximate surface area is 236 Å². The molecule has 0 saturated carbocycles. The molecule has 198 valence electrons. The Morgan fingerprint density at radius 2 is 1.56 bits per heavy atom. The van der Waals surface area contributed by atoms with E-state index in [-0.39, 0.29) is 11.9 Å². The Morgan fingerprint density at radius 3 is 2.26 bits per heavy atom. The molecule has 0 aliphatic carbocycles. The lowest BCUT2D eigenvalue weighted by Crippen LogP contribution is -2.26. The van der Waals surface area contributed by atoms with Gasteiger partial charge in [-0.15, -0.1) is 0 Å². The van der Waals surface area contributed by atoms with Crippen molar-refractivity contribution >= 4 is 32.7 Å². The van der Waals surface area contributed by atoms with Gasteiger partial charge in [-0.3, -0.25) is 4.79 Å². The van der Waals surface area contributed by atoms with Crippen LogP contribution in [0.5, 0.6) is 0 Å². The first-order valence-corrected chi connectivity index (χ1v) is 13.7. The predicted octanol–water partition coefficient (Wildman–Crippen LogP) is 7.21. The molecule has 4 aromatic carbocycles. The number of carbonyl (C=O) groups excluding carboxylic acids is 1. The van der Waals surface area contributed by atoms with Gasteiger partial charge in [0.25, 0.3) is 5.91 Å². The Balaban J connectivity index is 1.39. The molecule has 3 N–H and O–H groups in total. The number of fused-ring (bicyclic) bond motifs is 1. The molecular formula is C33H31BrN2O3. The van der Waals surface area contributed by atoms with Gasteiger partial charge in [-0.2, -0.15) is 0 Å². The number of amides is 1. The van der Waals surface area contributed by atoms with Crippen LogP contribution in [0.2, 0.25) is 0 Å². The summed E-state index contributed by atoms with van der Waals surface area (Å²) in [5, 5.41) is 23.7. The third-order valence-electron chi connectivity index (χ3n) is 7.47. The van der Waals surface area contributed by atoms with Crippen LogP contribution in [0.25, 0.3) is 22.0 Å². The summed E-state index contributed by atoms with van der Waals surface area (Å²) in [7, 11) is 0. The normalized spacial score (nSPS) is 12.2. The van der Waals surface area contributed by atoms with Crippen LogP contribution in [-0.4, -0.2) is 20.7 Å². The zero-order valence-corrected chi connectivity index (χ0v) is 23.7. The standard InChI is InChI=1S/C33H31BrN2O3/c1-20-22(3)36(19-23-12-14-24(15-13-23)27-9-4-5-10-28(27)33(38)39)31-17-16-25(18-29(20)31)32(37)35-21(2)26-8-6-7-11-30(26)34/h4-18,21,33,38-39H,19H2,1-3H3,(H,35,37). The van der Waals surface area contributed by atoms with E-state index in [1.807, 2.05) is 73.7 Å². The van der Waals surface area contributed by atoms with Crippen molar-refractivity contribution in [2.75, 3.05) is 0 Å². The third-order valence-corrected chi connectivity index (χ3v) is 8.19. The second-order valence-corrected chi connectivity index (χ2v) is 10.8. The number of hydrogen-bond donors (Lipinski definition) is 3. The molecule has 39 heavy (non-hydrogen) atoms. The molecule has 5 nitrogen and oxygen atoms in total. The molecule has 1 aromatic heterocycles. The molecule has 1 unspecified atom stereocenters. The van der Waals surface area contributed by atoms with Crippen molar-refractivity contribution in [1.29, 1.82) is 0 Å². The van der Waals surface area contributed by atoms with E-state index >= 15 is 0 Å². The Hall–Kier alpha value is -3.71. The summed E-state index contributed by atoms with van der Waals surface area (Å²) in [5.41, 5.74) is 8.41. The van der Waals surface area contributed by atoms with E-state index in [2.05, 4.69) is 51.8 Å². The summed E-state index contributed by atoms with van der Waals surface area (Å²) in [6.45, 7) is 6.88. The summed E-state index contributed by atoms with van der Waals surface area (Å²) < 4.78 is 3.25. The van der Waals surface area contributed by atoms with E-state index in [0.717, 1.165) is 48.9 Å². The highest BCUT2D eigenvalue weighted by molar-refractivity contribution is 9.10. The number of carbonyl (C=O) groups is 1. The fourth-order valence-corrected chi connectivity index (χ4v) is 5.76. The lowest BCUT2D eigenvalue weighted by atomic mass is 9.98. The molecule has 0 aliphatic heterocycles. The minimum absolute atomic E-state index is 0.103. The van der Waals surface area contributed by atoms with Crippen LogP contribution in [0.3, 0.4) is 0 Å². The number of halogens is 1. The second-order valence-electron chi connectivity index (χ2n) is 9.90. The van der Waals surface area contributed by atoms with Gasteiger partial charge in [0.05, 0.1) is 6.04 Å². The van der Waals surface area contributed by atoms with Crippen LogP contribution < -0.4 is 5.32 Å². The molecule has 0 bridgehead atoms. The van der Waals surface area contributed by atoms with Gasteiger partial charge in [0.2, 0.25) is 0 Å². The monoisotopic (exact) mass is 582 g/mol. The highest BCUT2D eigenvalue weighted by Gasteiger charge is 2.17. The molecule has 5 aromatic rings. The maximum atomic E-state index is 13.1. The summed E-state index contributed by atoms with van der Waals surface area (Å²) in [6, 6.07) is 29.2. The fraction of sp³-hybridized carbons (Fsp3) is 0.182. The fourth-order valence-electron chi connectivity index (χ4n) is 5.14. The predicted molar refractivity (Wildman–Crippen MR) is 160 cm³/mol. The summed E-state index contributed by atoms with van der Waals surface area (Å²) in [5.74, 6) is -0.103. The largest absolute Gasteiger partial charge is 0.364 e. The minimum atomic E-state index is -1.52. The number of aliphatic hydroxyl groups is 2. The average molecular weight is 584 g/mol. The lowest BCUT2D eigenvalue weighted by molar-refractivity contribution is -0.0420. The smallest absolute Gasteiger partial charge is 0.251 e. The van der Waals surface area contributed by atoms with Gasteiger partial charge in [0.1, 0.15) is 0 Å². The zero-order chi connectivity index (χ0) is 27.7. The van der Waals surface area contributed by atoms with Gasteiger partial charge in [0.15, 0.2) is 6.29 Å². The van der Waals surface area contributed by atoms with Crippen LogP contribution in [-0.2, 0) is 6.54 Å². The number of benzene rings is 4. The van der Waals surface area contributed by atoms with Gasteiger partial charge >= 0.3 is 0 Å². The van der Waals surface area contributed by atoms with Gasteiger partial charge in [0, 0.05) is 38.7 Å². The quantitative estimate of drug-likeness (QED) is 0.177. The summed E-state index contributed by atoms with van der Waals surface area (Å²) in [4.78, 5) is 13.1. The number of aryl methyl sites for hydroxylation is 1. The maximum Gasteiger partial charge on any atom is 0.251 e. The number of nitrogens with one attached hydrogen (secondary N) is 1. The maximum absolute atomic E-state index is 13.1. The molecule has 0 aliphatic rings. The number of rotatable bonds is 7. The van der Waals surface area contributed by atoms with Gasteiger partial charge in [-0.1, -0.05) is 82.7 Å². The first kappa shape index (κ1) is 26.9. The molecule has 5 rings (SSSR count). The molecular weight excluding hydrogens is 552 g/mol. The molecule has 0 fully saturated rings.